The van der Waals surface area contributed by atoms with Crippen molar-refractivity contribution < 1.29 is 4.74 Å². The highest BCUT2D eigenvalue weighted by atomic mass is 35.5. The Bertz CT molecular complexity index is 1660. The largest absolute Gasteiger partial charge is 0.378 e. The van der Waals surface area contributed by atoms with Crippen LogP contribution in [-0.4, -0.2) is 54.1 Å². The van der Waals surface area contributed by atoms with Crippen LogP contribution in [0.4, 0.5) is 17.1 Å². The number of thiocarbonyl (C=S) groups is 1. The molecule has 3 saturated heterocycles. The van der Waals surface area contributed by atoms with E-state index in [1.807, 2.05) is 18.3 Å². The molecule has 2 aromatic carbocycles. The van der Waals surface area contributed by atoms with Crippen LogP contribution in [0.15, 0.2) is 72.9 Å². The van der Waals surface area contributed by atoms with E-state index in [2.05, 4.69) is 100.0 Å². The molecule has 9 heteroatoms. The summed E-state index contributed by atoms with van der Waals surface area (Å²) in [6.45, 7) is 12.2. The minimum absolute atomic E-state index is 0.113. The van der Waals surface area contributed by atoms with Crippen LogP contribution in [0, 0.1) is 19.8 Å². The van der Waals surface area contributed by atoms with Crippen LogP contribution in [0.2, 0.25) is 5.02 Å². The molecule has 0 aliphatic carbocycles. The first-order valence-corrected chi connectivity index (χ1v) is 16.8. The van der Waals surface area contributed by atoms with Crippen LogP contribution >= 0.6 is 23.8 Å². The lowest BCUT2D eigenvalue weighted by Gasteiger charge is -2.33. The smallest absolute Gasteiger partial charge is 0.174 e. The average Bonchev–Trinajstić information content (AvgIpc) is 3.56. The van der Waals surface area contributed by atoms with Gasteiger partial charge in [-0.2, -0.15) is 0 Å². The van der Waals surface area contributed by atoms with Crippen molar-refractivity contribution in [1.82, 2.24) is 14.9 Å². The number of nitrogens with one attached hydrogen (secondary N) is 1. The lowest BCUT2D eigenvalue weighted by atomic mass is 9.96. The molecule has 7 rings (SSSR count). The Kier molecular flexibility index (Phi) is 8.46. The fourth-order valence-corrected chi connectivity index (χ4v) is 7.86. The third kappa shape index (κ3) is 5.80. The molecule has 0 amide bonds. The molecule has 0 bridgehead atoms. The molecule has 3 aliphatic heterocycles. The summed E-state index contributed by atoms with van der Waals surface area (Å²) in [6, 6.07) is 23.4. The lowest BCUT2D eigenvalue weighted by Crippen LogP contribution is -2.36. The summed E-state index contributed by atoms with van der Waals surface area (Å²) in [5, 5.41) is 5.06. The molecule has 2 aromatic heterocycles. The molecule has 0 spiro atoms. The standard InChI is InChI=1S/C36H41ClN6OS/c1-24-13-16-41(17-14-24)33-12-11-29(23-31(33)37)43-35(34(39-36(43)45)32-6-4-5-15-38-32)30-22-25(2)42(26(30)3)28-9-7-27(8-10-28)40-18-20-44-21-19-40/h4-12,15,22-24,34-35H,13-14,16-21H2,1-3H3,(H,39,45)/t34-,35-/m0/s1. The number of aromatic nitrogens is 2. The Hall–Kier alpha value is -3.59. The van der Waals surface area contributed by atoms with Crippen molar-refractivity contribution in [3.05, 3.63) is 101 Å². The number of morpholine rings is 1. The summed E-state index contributed by atoms with van der Waals surface area (Å²) >= 11 is 13.1. The van der Waals surface area contributed by atoms with E-state index in [-0.39, 0.29) is 12.1 Å². The molecule has 5 heterocycles. The van der Waals surface area contributed by atoms with Crippen molar-refractivity contribution in [3.8, 4) is 5.69 Å². The number of anilines is 3. The maximum absolute atomic E-state index is 7.02. The van der Waals surface area contributed by atoms with Gasteiger partial charge in [0.2, 0.25) is 0 Å². The van der Waals surface area contributed by atoms with Crippen molar-refractivity contribution >= 4 is 46.0 Å². The first-order chi connectivity index (χ1) is 21.9. The van der Waals surface area contributed by atoms with E-state index < -0.39 is 0 Å². The molecule has 0 unspecified atom stereocenters. The summed E-state index contributed by atoms with van der Waals surface area (Å²) in [5.41, 5.74) is 8.97. The van der Waals surface area contributed by atoms with Crippen molar-refractivity contribution in [2.45, 2.75) is 45.7 Å². The SMILES string of the molecule is Cc1cc([C@H]2[C@H](c3ccccn3)NC(=S)N2c2ccc(N3CCC(C)CC3)c(Cl)c2)c(C)n1-c1ccc(N2CCOCC2)cc1. The highest BCUT2D eigenvalue weighted by molar-refractivity contribution is 7.80. The molecular formula is C36H41ClN6OS. The topological polar surface area (TPSA) is 48.8 Å². The van der Waals surface area contributed by atoms with Gasteiger partial charge in [-0.1, -0.05) is 24.6 Å². The highest BCUT2D eigenvalue weighted by Crippen LogP contribution is 2.45. The van der Waals surface area contributed by atoms with Crippen LogP contribution in [-0.2, 0) is 4.74 Å². The summed E-state index contributed by atoms with van der Waals surface area (Å²) < 4.78 is 7.90. The van der Waals surface area contributed by atoms with Crippen molar-refractivity contribution in [1.29, 1.82) is 0 Å². The molecule has 0 saturated carbocycles. The number of ether oxygens (including phenoxy) is 1. The Balaban J connectivity index is 1.26. The van der Waals surface area contributed by atoms with Crippen LogP contribution in [0.25, 0.3) is 5.69 Å². The highest BCUT2D eigenvalue weighted by Gasteiger charge is 2.42. The fourth-order valence-electron chi connectivity index (χ4n) is 7.22. The summed E-state index contributed by atoms with van der Waals surface area (Å²) in [7, 11) is 0. The molecule has 1 N–H and O–H groups in total. The van der Waals surface area contributed by atoms with E-state index in [1.165, 1.54) is 35.5 Å². The van der Waals surface area contributed by atoms with Crippen molar-refractivity contribution in [2.24, 2.45) is 5.92 Å². The van der Waals surface area contributed by atoms with E-state index in [0.29, 0.717) is 5.11 Å². The Morgan fingerprint density at radius 3 is 2.27 bits per heavy atom. The second kappa shape index (κ2) is 12.7. The van der Waals surface area contributed by atoms with Gasteiger partial charge in [-0.15, -0.1) is 0 Å². The van der Waals surface area contributed by atoms with Gasteiger partial charge in [0.1, 0.15) is 0 Å². The minimum Gasteiger partial charge on any atom is -0.378 e. The molecule has 0 radical (unpaired) electrons. The lowest BCUT2D eigenvalue weighted by molar-refractivity contribution is 0.122. The second-order valence-corrected chi connectivity index (χ2v) is 13.4. The predicted molar refractivity (Wildman–Crippen MR) is 188 cm³/mol. The number of nitrogens with zero attached hydrogens (tertiary/aromatic N) is 5. The quantitative estimate of drug-likeness (QED) is 0.221. The number of pyridine rings is 1. The molecule has 234 valence electrons. The minimum atomic E-state index is -0.126. The Morgan fingerprint density at radius 1 is 0.867 bits per heavy atom. The van der Waals surface area contributed by atoms with Gasteiger partial charge >= 0.3 is 0 Å². The first kappa shape index (κ1) is 30.1. The van der Waals surface area contributed by atoms with Crippen molar-refractivity contribution in [3.63, 3.8) is 0 Å². The number of hydrogen-bond donors (Lipinski definition) is 1. The van der Waals surface area contributed by atoms with E-state index >= 15 is 0 Å². The normalized spacial score (nSPS) is 21.0. The molecule has 2 atom stereocenters. The molecule has 3 aliphatic rings. The zero-order chi connectivity index (χ0) is 31.1. The van der Waals surface area contributed by atoms with E-state index in [4.69, 9.17) is 33.5 Å². The number of benzene rings is 2. The van der Waals surface area contributed by atoms with Crippen LogP contribution in [0.1, 0.15) is 54.5 Å². The van der Waals surface area contributed by atoms with E-state index in [0.717, 1.165) is 73.1 Å². The third-order valence-electron chi connectivity index (χ3n) is 9.70. The number of rotatable bonds is 6. The predicted octanol–water partition coefficient (Wildman–Crippen LogP) is 7.39. The number of halogens is 1. The zero-order valence-electron chi connectivity index (χ0n) is 26.2. The number of piperidine rings is 1. The Labute approximate surface area is 276 Å². The molecule has 7 nitrogen and oxygen atoms in total. The van der Waals surface area contributed by atoms with Crippen LogP contribution in [0.5, 0.6) is 0 Å². The van der Waals surface area contributed by atoms with Crippen molar-refractivity contribution in [2.75, 3.05) is 54.1 Å². The maximum Gasteiger partial charge on any atom is 0.174 e. The van der Waals surface area contributed by atoms with E-state index in [9.17, 15) is 0 Å². The fraction of sp³-hybridized carbons (Fsp3) is 0.389. The van der Waals surface area contributed by atoms with Gasteiger partial charge in [0.25, 0.3) is 0 Å². The van der Waals surface area contributed by atoms with Gasteiger partial charge in [0.15, 0.2) is 5.11 Å². The molecule has 4 aromatic rings. The molecule has 3 fully saturated rings. The number of aryl methyl sites for hydroxylation is 1. The monoisotopic (exact) mass is 640 g/mol. The molecule has 45 heavy (non-hydrogen) atoms. The molecular weight excluding hydrogens is 600 g/mol. The first-order valence-electron chi connectivity index (χ1n) is 16.1. The summed E-state index contributed by atoms with van der Waals surface area (Å²) in [5.74, 6) is 0.762. The zero-order valence-corrected chi connectivity index (χ0v) is 27.8. The summed E-state index contributed by atoms with van der Waals surface area (Å²) in [6.07, 6.45) is 4.24. The number of hydrogen-bond acceptors (Lipinski definition) is 5. The van der Waals surface area contributed by atoms with E-state index in [1.54, 1.807) is 0 Å². The third-order valence-corrected chi connectivity index (χ3v) is 10.3. The van der Waals surface area contributed by atoms with Gasteiger partial charge in [0, 0.05) is 60.8 Å². The Morgan fingerprint density at radius 2 is 1.58 bits per heavy atom. The van der Waals surface area contributed by atoms with Gasteiger partial charge in [-0.25, -0.2) is 0 Å². The summed E-state index contributed by atoms with van der Waals surface area (Å²) in [4.78, 5) is 11.8. The second-order valence-electron chi connectivity index (χ2n) is 12.6. The van der Waals surface area contributed by atoms with Gasteiger partial charge in [0.05, 0.1) is 41.7 Å². The van der Waals surface area contributed by atoms with Gasteiger partial charge in [-0.05, 0) is 111 Å². The van der Waals surface area contributed by atoms with Gasteiger partial charge in [-0.3, -0.25) is 4.98 Å². The average molecular weight is 641 g/mol. The maximum atomic E-state index is 7.02. The van der Waals surface area contributed by atoms with Crippen LogP contribution in [0.3, 0.4) is 0 Å². The van der Waals surface area contributed by atoms with Gasteiger partial charge < -0.3 is 29.3 Å². The van der Waals surface area contributed by atoms with Crippen LogP contribution < -0.4 is 20.0 Å².